The molecule has 268 valence electrons. The molecule has 0 saturated carbocycles. The summed E-state index contributed by atoms with van der Waals surface area (Å²) in [5, 5.41) is 4.57. The fourth-order valence-corrected chi connectivity index (χ4v) is 8.97. The molecule has 0 fully saturated rings. The Morgan fingerprint density at radius 2 is 0.965 bits per heavy atom. The van der Waals surface area contributed by atoms with Gasteiger partial charge in [-0.05, 0) is 71.8 Å². The van der Waals surface area contributed by atoms with Crippen molar-refractivity contribution in [2.75, 3.05) is 4.90 Å². The van der Waals surface area contributed by atoms with Crippen molar-refractivity contribution in [1.82, 2.24) is 15.0 Å². The van der Waals surface area contributed by atoms with Gasteiger partial charge in [-0.3, -0.25) is 0 Å². The molecule has 0 spiro atoms. The highest BCUT2D eigenvalue weighted by Crippen LogP contribution is 2.44. The van der Waals surface area contributed by atoms with E-state index < -0.39 is 0 Å². The zero-order valence-corrected chi connectivity index (χ0v) is 31.4. The van der Waals surface area contributed by atoms with Gasteiger partial charge in [0.1, 0.15) is 11.2 Å². The Hall–Kier alpha value is -7.41. The highest BCUT2D eigenvalue weighted by molar-refractivity contribution is 7.26. The fourth-order valence-electron chi connectivity index (χ4n) is 7.80. The van der Waals surface area contributed by atoms with Crippen LogP contribution >= 0.6 is 11.3 Å². The smallest absolute Gasteiger partial charge is 0.164 e. The van der Waals surface area contributed by atoms with Crippen LogP contribution in [0.2, 0.25) is 0 Å². The van der Waals surface area contributed by atoms with E-state index in [0.29, 0.717) is 17.5 Å². The summed E-state index contributed by atoms with van der Waals surface area (Å²) in [6, 6.07) is 67.5. The molecule has 3 aromatic heterocycles. The van der Waals surface area contributed by atoms with Crippen LogP contribution in [0.5, 0.6) is 0 Å². The molecule has 0 bridgehead atoms. The minimum Gasteiger partial charge on any atom is -0.456 e. The Morgan fingerprint density at radius 3 is 1.70 bits per heavy atom. The SMILES string of the molecule is c1ccc(-c2nc(-c3ccccc3)nc(-c3cccc4sc5cc(N(c6ccccc6)c6ccc(-c7ccc8oc9ccccc9c8c7)cc6)ccc5c34)n2)cc1. The molecule has 0 N–H and O–H groups in total. The number of rotatable bonds is 7. The van der Waals surface area contributed by atoms with Crippen LogP contribution in [-0.2, 0) is 0 Å². The maximum absolute atomic E-state index is 6.10. The van der Waals surface area contributed by atoms with Gasteiger partial charge in [0.15, 0.2) is 17.5 Å². The number of aromatic nitrogens is 3. The van der Waals surface area contributed by atoms with E-state index in [1.165, 1.54) is 14.8 Å². The van der Waals surface area contributed by atoms with Crippen LogP contribution in [0.4, 0.5) is 17.1 Å². The minimum absolute atomic E-state index is 0.651. The van der Waals surface area contributed by atoms with Gasteiger partial charge in [-0.25, -0.2) is 15.0 Å². The van der Waals surface area contributed by atoms with Gasteiger partial charge < -0.3 is 9.32 Å². The largest absolute Gasteiger partial charge is 0.456 e. The summed E-state index contributed by atoms with van der Waals surface area (Å²) >= 11 is 1.79. The summed E-state index contributed by atoms with van der Waals surface area (Å²) in [5.41, 5.74) is 10.2. The predicted octanol–water partition coefficient (Wildman–Crippen LogP) is 14.3. The van der Waals surface area contributed by atoms with Crippen molar-refractivity contribution in [3.8, 4) is 45.3 Å². The van der Waals surface area contributed by atoms with Crippen LogP contribution in [0.15, 0.2) is 199 Å². The molecule has 0 saturated heterocycles. The highest BCUT2D eigenvalue weighted by atomic mass is 32.1. The number of hydrogen-bond donors (Lipinski definition) is 0. The van der Waals surface area contributed by atoms with Gasteiger partial charge >= 0.3 is 0 Å². The fraction of sp³-hybridized carbons (Fsp3) is 0. The molecule has 8 aromatic carbocycles. The summed E-state index contributed by atoms with van der Waals surface area (Å²) in [7, 11) is 0. The molecule has 0 atom stereocenters. The number of anilines is 3. The van der Waals surface area contributed by atoms with Crippen molar-refractivity contribution >= 4 is 70.5 Å². The van der Waals surface area contributed by atoms with E-state index in [4.69, 9.17) is 19.4 Å². The molecule has 57 heavy (non-hydrogen) atoms. The standard InChI is InChI=1S/C51H32N4OS/c1-4-13-34(14-5-1)49-52-50(35-15-6-2-7-16-35)54-51(53-49)42-20-12-22-46-48(42)41-29-28-39(32-47(41)57-46)55(37-17-8-3-9-18-37)38-26-23-33(24-27-38)36-25-30-45-43(31-36)40-19-10-11-21-44(40)56-45/h1-32H. The number of nitrogens with zero attached hydrogens (tertiary/aromatic N) is 4. The Balaban J connectivity index is 1.01. The quantitative estimate of drug-likeness (QED) is 0.162. The monoisotopic (exact) mass is 748 g/mol. The molecule has 0 radical (unpaired) electrons. The normalized spacial score (nSPS) is 11.5. The summed E-state index contributed by atoms with van der Waals surface area (Å²) in [6.07, 6.45) is 0. The first kappa shape index (κ1) is 33.0. The van der Waals surface area contributed by atoms with Gasteiger partial charge in [0.2, 0.25) is 0 Å². The molecule has 0 unspecified atom stereocenters. The van der Waals surface area contributed by atoms with Gasteiger partial charge in [0.05, 0.1) is 0 Å². The lowest BCUT2D eigenvalue weighted by Gasteiger charge is -2.25. The van der Waals surface area contributed by atoms with Crippen molar-refractivity contribution in [1.29, 1.82) is 0 Å². The summed E-state index contributed by atoms with van der Waals surface area (Å²) in [4.78, 5) is 17.4. The van der Waals surface area contributed by atoms with E-state index in [9.17, 15) is 0 Å². The first-order valence-corrected chi connectivity index (χ1v) is 19.7. The van der Waals surface area contributed by atoms with Crippen LogP contribution in [0, 0.1) is 0 Å². The molecule has 11 aromatic rings. The van der Waals surface area contributed by atoms with Crippen LogP contribution in [0.3, 0.4) is 0 Å². The molecule has 6 heteroatoms. The van der Waals surface area contributed by atoms with Gasteiger partial charge in [-0.1, -0.05) is 133 Å². The van der Waals surface area contributed by atoms with Crippen molar-refractivity contribution in [2.45, 2.75) is 0 Å². The van der Waals surface area contributed by atoms with Gasteiger partial charge in [0.25, 0.3) is 0 Å². The Labute approximate surface area is 332 Å². The van der Waals surface area contributed by atoms with Crippen LogP contribution in [0.25, 0.3) is 87.4 Å². The van der Waals surface area contributed by atoms with Gasteiger partial charge in [0, 0.05) is 64.7 Å². The molecule has 3 heterocycles. The van der Waals surface area contributed by atoms with E-state index >= 15 is 0 Å². The zero-order chi connectivity index (χ0) is 37.7. The van der Waals surface area contributed by atoms with Crippen molar-refractivity contribution in [2.24, 2.45) is 0 Å². The summed E-state index contributed by atoms with van der Waals surface area (Å²) in [6.45, 7) is 0. The maximum Gasteiger partial charge on any atom is 0.164 e. The third kappa shape index (κ3) is 5.91. The third-order valence-corrected chi connectivity index (χ3v) is 11.6. The second-order valence-electron chi connectivity index (χ2n) is 14.0. The zero-order valence-electron chi connectivity index (χ0n) is 30.6. The maximum atomic E-state index is 6.10. The highest BCUT2D eigenvalue weighted by Gasteiger charge is 2.19. The number of hydrogen-bond acceptors (Lipinski definition) is 6. The van der Waals surface area contributed by atoms with E-state index in [1.807, 2.05) is 72.8 Å². The average molecular weight is 749 g/mol. The number of benzene rings is 8. The van der Waals surface area contributed by atoms with Crippen LogP contribution in [0.1, 0.15) is 0 Å². The van der Waals surface area contributed by atoms with Crippen molar-refractivity contribution < 1.29 is 4.42 Å². The number of para-hydroxylation sites is 2. The molecule has 5 nitrogen and oxygen atoms in total. The third-order valence-electron chi connectivity index (χ3n) is 10.5. The molecular weight excluding hydrogens is 717 g/mol. The van der Waals surface area contributed by atoms with Crippen LogP contribution in [-0.4, -0.2) is 15.0 Å². The molecule has 0 aliphatic rings. The predicted molar refractivity (Wildman–Crippen MR) is 236 cm³/mol. The molecule has 0 aliphatic carbocycles. The number of furan rings is 1. The van der Waals surface area contributed by atoms with E-state index in [2.05, 4.69) is 126 Å². The second-order valence-corrected chi connectivity index (χ2v) is 15.1. The van der Waals surface area contributed by atoms with E-state index in [-0.39, 0.29) is 0 Å². The second kappa shape index (κ2) is 13.7. The van der Waals surface area contributed by atoms with Gasteiger partial charge in [-0.15, -0.1) is 11.3 Å². The number of fused-ring (bicyclic) bond motifs is 6. The molecule has 0 amide bonds. The summed E-state index contributed by atoms with van der Waals surface area (Å²) < 4.78 is 8.47. The first-order valence-electron chi connectivity index (χ1n) is 18.9. The molecule has 11 rings (SSSR count). The Kier molecular flexibility index (Phi) is 7.93. The van der Waals surface area contributed by atoms with E-state index in [0.717, 1.165) is 72.2 Å². The van der Waals surface area contributed by atoms with E-state index in [1.54, 1.807) is 11.3 Å². The van der Waals surface area contributed by atoms with Gasteiger partial charge in [-0.2, -0.15) is 0 Å². The Morgan fingerprint density at radius 1 is 0.368 bits per heavy atom. The van der Waals surface area contributed by atoms with Crippen LogP contribution < -0.4 is 4.90 Å². The van der Waals surface area contributed by atoms with Crippen molar-refractivity contribution in [3.63, 3.8) is 0 Å². The topological polar surface area (TPSA) is 55.1 Å². The lowest BCUT2D eigenvalue weighted by atomic mass is 10.0. The lowest BCUT2D eigenvalue weighted by molar-refractivity contribution is 0.669. The number of thiophene rings is 1. The minimum atomic E-state index is 0.651. The lowest BCUT2D eigenvalue weighted by Crippen LogP contribution is -2.09. The Bertz CT molecular complexity index is 3170. The summed E-state index contributed by atoms with van der Waals surface area (Å²) in [5.74, 6) is 1.96. The first-order chi connectivity index (χ1) is 28.2. The van der Waals surface area contributed by atoms with Crippen molar-refractivity contribution in [3.05, 3.63) is 194 Å². The molecular formula is C51H32N4OS. The molecule has 0 aliphatic heterocycles. The average Bonchev–Trinajstić information content (AvgIpc) is 3.85.